The number of benzene rings is 1. The van der Waals surface area contributed by atoms with Gasteiger partial charge in [0.1, 0.15) is 11.8 Å². The molecule has 28 heavy (non-hydrogen) atoms. The Morgan fingerprint density at radius 2 is 1.50 bits per heavy atom. The SMILES string of the molecule is CCC(=O)CC[C@H](NC(=O)Cc1cc(C(F)(F)F)cc(C(F)(F)F)c1)C(=O)O. The largest absolute Gasteiger partial charge is 0.480 e. The van der Waals surface area contributed by atoms with Crippen LogP contribution in [0.3, 0.4) is 0 Å². The van der Waals surface area contributed by atoms with E-state index in [-0.39, 0.29) is 31.1 Å². The van der Waals surface area contributed by atoms with E-state index in [1.54, 1.807) is 6.92 Å². The van der Waals surface area contributed by atoms with Gasteiger partial charge in [0.25, 0.3) is 0 Å². The Labute approximate surface area is 155 Å². The van der Waals surface area contributed by atoms with Crippen molar-refractivity contribution in [2.75, 3.05) is 0 Å². The van der Waals surface area contributed by atoms with Gasteiger partial charge in [0.2, 0.25) is 5.91 Å². The van der Waals surface area contributed by atoms with Crippen LogP contribution in [0.2, 0.25) is 0 Å². The molecule has 0 aliphatic rings. The second kappa shape index (κ2) is 9.07. The molecular formula is C17H17F6NO4. The molecule has 11 heteroatoms. The summed E-state index contributed by atoms with van der Waals surface area (Å²) in [5, 5.41) is 11.1. The summed E-state index contributed by atoms with van der Waals surface area (Å²) in [7, 11) is 0. The molecule has 1 aromatic rings. The van der Waals surface area contributed by atoms with Gasteiger partial charge in [0, 0.05) is 12.8 Å². The Morgan fingerprint density at radius 1 is 1.00 bits per heavy atom. The van der Waals surface area contributed by atoms with Gasteiger partial charge in [-0.05, 0) is 30.2 Å². The van der Waals surface area contributed by atoms with Crippen LogP contribution in [-0.4, -0.2) is 28.8 Å². The zero-order valence-electron chi connectivity index (χ0n) is 14.6. The third-order valence-corrected chi connectivity index (χ3v) is 3.75. The molecule has 0 fully saturated rings. The summed E-state index contributed by atoms with van der Waals surface area (Å²) >= 11 is 0. The number of carboxylic acid groups (broad SMARTS) is 1. The first kappa shape index (κ1) is 23.4. The lowest BCUT2D eigenvalue weighted by molar-refractivity contribution is -0.143. The highest BCUT2D eigenvalue weighted by Gasteiger charge is 2.37. The maximum atomic E-state index is 12.8. The first-order chi connectivity index (χ1) is 12.7. The normalized spacial score (nSPS) is 13.1. The minimum Gasteiger partial charge on any atom is -0.480 e. The van der Waals surface area contributed by atoms with Crippen molar-refractivity contribution < 1.29 is 45.8 Å². The predicted molar refractivity (Wildman–Crippen MR) is 84.2 cm³/mol. The lowest BCUT2D eigenvalue weighted by Gasteiger charge is -2.16. The molecule has 0 aliphatic carbocycles. The first-order valence-electron chi connectivity index (χ1n) is 8.06. The summed E-state index contributed by atoms with van der Waals surface area (Å²) < 4.78 is 76.9. The predicted octanol–water partition coefficient (Wildman–Crippen LogP) is 3.60. The number of ketones is 1. The van der Waals surface area contributed by atoms with Crippen molar-refractivity contribution in [3.8, 4) is 0 Å². The van der Waals surface area contributed by atoms with Crippen LogP contribution < -0.4 is 5.32 Å². The van der Waals surface area contributed by atoms with Gasteiger partial charge in [0.15, 0.2) is 0 Å². The maximum absolute atomic E-state index is 12.8. The second-order valence-corrected chi connectivity index (χ2v) is 5.98. The highest BCUT2D eigenvalue weighted by Crippen LogP contribution is 2.36. The van der Waals surface area contributed by atoms with Gasteiger partial charge in [-0.1, -0.05) is 6.92 Å². The smallest absolute Gasteiger partial charge is 0.416 e. The third kappa shape index (κ3) is 7.20. The summed E-state index contributed by atoms with van der Waals surface area (Å²) in [6.45, 7) is 1.56. The Kier molecular flexibility index (Phi) is 7.59. The van der Waals surface area contributed by atoms with E-state index in [9.17, 15) is 40.7 Å². The highest BCUT2D eigenvalue weighted by molar-refractivity contribution is 5.85. The van der Waals surface area contributed by atoms with Crippen LogP contribution in [0.15, 0.2) is 18.2 Å². The van der Waals surface area contributed by atoms with Crippen molar-refractivity contribution in [3.63, 3.8) is 0 Å². The van der Waals surface area contributed by atoms with Gasteiger partial charge in [0.05, 0.1) is 17.5 Å². The molecule has 1 rings (SSSR count). The molecule has 1 aromatic carbocycles. The van der Waals surface area contributed by atoms with Crippen molar-refractivity contribution in [2.24, 2.45) is 0 Å². The minimum absolute atomic E-state index is 0.0716. The van der Waals surface area contributed by atoms with Crippen LogP contribution in [0, 0.1) is 0 Å². The van der Waals surface area contributed by atoms with E-state index >= 15 is 0 Å². The number of hydrogen-bond acceptors (Lipinski definition) is 3. The number of rotatable bonds is 8. The molecule has 5 nitrogen and oxygen atoms in total. The van der Waals surface area contributed by atoms with Crippen LogP contribution in [0.4, 0.5) is 26.3 Å². The van der Waals surface area contributed by atoms with E-state index in [0.29, 0.717) is 12.1 Å². The summed E-state index contributed by atoms with van der Waals surface area (Å²) in [5.41, 5.74) is -3.73. The topological polar surface area (TPSA) is 83.5 Å². The first-order valence-corrected chi connectivity index (χ1v) is 8.06. The number of amides is 1. The van der Waals surface area contributed by atoms with Gasteiger partial charge in [-0.2, -0.15) is 26.3 Å². The summed E-state index contributed by atoms with van der Waals surface area (Å²) in [4.78, 5) is 34.3. The van der Waals surface area contributed by atoms with E-state index < -0.39 is 53.4 Å². The van der Waals surface area contributed by atoms with Gasteiger partial charge in [-0.3, -0.25) is 9.59 Å². The molecule has 0 unspecified atom stereocenters. The van der Waals surface area contributed by atoms with E-state index in [2.05, 4.69) is 0 Å². The maximum Gasteiger partial charge on any atom is 0.416 e. The number of hydrogen-bond donors (Lipinski definition) is 2. The number of halogens is 6. The monoisotopic (exact) mass is 413 g/mol. The lowest BCUT2D eigenvalue weighted by atomic mass is 10.0. The number of carbonyl (C=O) groups is 3. The molecule has 2 N–H and O–H groups in total. The summed E-state index contributed by atoms with van der Waals surface area (Å²) in [6.07, 6.45) is -11.2. The number of Topliss-reactive ketones (excluding diaryl/α,β-unsaturated/α-hetero) is 1. The molecule has 0 aromatic heterocycles. The van der Waals surface area contributed by atoms with Crippen LogP contribution in [0.5, 0.6) is 0 Å². The average Bonchev–Trinajstić information content (AvgIpc) is 2.56. The molecule has 0 spiro atoms. The standard InChI is InChI=1S/C17H17F6NO4/c1-2-12(25)3-4-13(15(27)28)24-14(26)7-9-5-10(16(18,19)20)8-11(6-9)17(21,22)23/h5-6,8,13H,2-4,7H2,1H3,(H,24,26)(H,27,28)/t13-/m0/s1. The number of carboxylic acids is 1. The Balaban J connectivity index is 3.00. The van der Waals surface area contributed by atoms with Crippen LogP contribution >= 0.6 is 0 Å². The van der Waals surface area contributed by atoms with Crippen LogP contribution in [0.1, 0.15) is 42.9 Å². The van der Waals surface area contributed by atoms with Gasteiger partial charge in [-0.15, -0.1) is 0 Å². The molecule has 0 bridgehead atoms. The van der Waals surface area contributed by atoms with Crippen LogP contribution in [-0.2, 0) is 33.2 Å². The van der Waals surface area contributed by atoms with Crippen LogP contribution in [0.25, 0.3) is 0 Å². The van der Waals surface area contributed by atoms with Crippen molar-refractivity contribution in [1.82, 2.24) is 5.32 Å². The average molecular weight is 413 g/mol. The quantitative estimate of drug-likeness (QED) is 0.638. The van der Waals surface area contributed by atoms with E-state index in [4.69, 9.17) is 5.11 Å². The third-order valence-electron chi connectivity index (χ3n) is 3.75. The number of nitrogens with one attached hydrogen (secondary N) is 1. The molecule has 1 amide bonds. The number of carbonyl (C=O) groups excluding carboxylic acids is 2. The molecule has 0 radical (unpaired) electrons. The Hall–Kier alpha value is -2.59. The second-order valence-electron chi connectivity index (χ2n) is 5.98. The minimum atomic E-state index is -5.06. The molecular weight excluding hydrogens is 396 g/mol. The number of alkyl halides is 6. The highest BCUT2D eigenvalue weighted by atomic mass is 19.4. The van der Waals surface area contributed by atoms with Crippen molar-refractivity contribution in [3.05, 3.63) is 34.9 Å². The zero-order chi connectivity index (χ0) is 21.7. The fraction of sp³-hybridized carbons (Fsp3) is 0.471. The molecule has 0 heterocycles. The van der Waals surface area contributed by atoms with Crippen molar-refractivity contribution in [1.29, 1.82) is 0 Å². The Bertz CT molecular complexity index is 710. The van der Waals surface area contributed by atoms with Crippen molar-refractivity contribution in [2.45, 2.75) is 51.0 Å². The van der Waals surface area contributed by atoms with Gasteiger partial charge < -0.3 is 10.4 Å². The Morgan fingerprint density at radius 3 is 1.89 bits per heavy atom. The molecule has 156 valence electrons. The lowest BCUT2D eigenvalue weighted by Crippen LogP contribution is -2.41. The van der Waals surface area contributed by atoms with Gasteiger partial charge in [-0.25, -0.2) is 4.79 Å². The molecule has 0 saturated carbocycles. The molecule has 0 aliphatic heterocycles. The van der Waals surface area contributed by atoms with Crippen molar-refractivity contribution >= 4 is 17.7 Å². The number of aliphatic carboxylic acids is 1. The van der Waals surface area contributed by atoms with E-state index in [1.165, 1.54) is 0 Å². The zero-order valence-corrected chi connectivity index (χ0v) is 14.6. The fourth-order valence-corrected chi connectivity index (χ4v) is 2.29. The molecule has 0 saturated heterocycles. The van der Waals surface area contributed by atoms with Gasteiger partial charge >= 0.3 is 18.3 Å². The fourth-order valence-electron chi connectivity index (χ4n) is 2.29. The molecule has 1 atom stereocenters. The summed E-state index contributed by atoms with van der Waals surface area (Å²) in [5.74, 6) is -2.81. The van der Waals surface area contributed by atoms with E-state index in [0.717, 1.165) is 0 Å². The van der Waals surface area contributed by atoms with E-state index in [1.807, 2.05) is 5.32 Å². The summed E-state index contributed by atoms with van der Waals surface area (Å²) in [6, 6.07) is -0.773.